The van der Waals surface area contributed by atoms with Crippen LogP contribution in [0, 0.1) is 6.92 Å². The number of nitrogens with one attached hydrogen (secondary N) is 1. The summed E-state index contributed by atoms with van der Waals surface area (Å²) in [5.74, 6) is 0.264. The number of hydrogen-bond donors (Lipinski definition) is 1. The fourth-order valence-corrected chi connectivity index (χ4v) is 2.80. The van der Waals surface area contributed by atoms with Gasteiger partial charge in [-0.15, -0.1) is 0 Å². The Kier molecular flexibility index (Phi) is 5.89. The van der Waals surface area contributed by atoms with E-state index in [-0.39, 0.29) is 18.3 Å². The zero-order chi connectivity index (χ0) is 19.2. The van der Waals surface area contributed by atoms with E-state index in [0.717, 1.165) is 5.56 Å². The van der Waals surface area contributed by atoms with Gasteiger partial charge in [0.1, 0.15) is 5.75 Å². The van der Waals surface area contributed by atoms with Crippen LogP contribution >= 0.6 is 11.6 Å². The lowest BCUT2D eigenvalue weighted by Gasteiger charge is -2.10. The quantitative estimate of drug-likeness (QED) is 0.620. The molecule has 0 heterocycles. The highest BCUT2D eigenvalue weighted by Crippen LogP contribution is 2.21. The molecule has 3 rings (SSSR count). The first kappa shape index (κ1) is 18.7. The maximum Gasteiger partial charge on any atom is 0.262 e. The molecule has 1 N–H and O–H groups in total. The third-order valence-electron chi connectivity index (χ3n) is 3.96. The van der Waals surface area contributed by atoms with Crippen molar-refractivity contribution >= 4 is 29.0 Å². The highest BCUT2D eigenvalue weighted by Gasteiger charge is 2.10. The van der Waals surface area contributed by atoms with E-state index >= 15 is 0 Å². The van der Waals surface area contributed by atoms with Gasteiger partial charge in [-0.1, -0.05) is 41.9 Å². The van der Waals surface area contributed by atoms with Crippen LogP contribution in [0.5, 0.6) is 5.75 Å². The van der Waals surface area contributed by atoms with Crippen LogP contribution in [0.1, 0.15) is 21.5 Å². The summed E-state index contributed by atoms with van der Waals surface area (Å²) in [6.45, 7) is 1.74. The maximum absolute atomic E-state index is 12.4. The van der Waals surface area contributed by atoms with Crippen molar-refractivity contribution in [2.45, 2.75) is 6.92 Å². The van der Waals surface area contributed by atoms with Gasteiger partial charge in [-0.25, -0.2) is 0 Å². The Labute approximate surface area is 162 Å². The number of rotatable bonds is 6. The van der Waals surface area contributed by atoms with E-state index in [4.69, 9.17) is 16.3 Å². The molecule has 0 unspecified atom stereocenters. The fourth-order valence-electron chi connectivity index (χ4n) is 2.58. The molecule has 1 amide bonds. The highest BCUT2D eigenvalue weighted by molar-refractivity contribution is 6.30. The summed E-state index contributed by atoms with van der Waals surface area (Å²) in [5, 5.41) is 3.37. The molecule has 0 aliphatic heterocycles. The van der Waals surface area contributed by atoms with Crippen LogP contribution in [0.3, 0.4) is 0 Å². The second kappa shape index (κ2) is 8.52. The average molecular weight is 380 g/mol. The molecule has 5 heteroatoms. The molecule has 3 aromatic carbocycles. The van der Waals surface area contributed by atoms with Gasteiger partial charge < -0.3 is 10.1 Å². The first-order valence-corrected chi connectivity index (χ1v) is 8.79. The predicted molar refractivity (Wildman–Crippen MR) is 107 cm³/mol. The van der Waals surface area contributed by atoms with Crippen LogP contribution in [0.25, 0.3) is 0 Å². The molecule has 3 aromatic rings. The highest BCUT2D eigenvalue weighted by atomic mass is 35.5. The van der Waals surface area contributed by atoms with Crippen molar-refractivity contribution in [2.75, 3.05) is 11.9 Å². The molecular weight excluding hydrogens is 362 g/mol. The number of aryl methyl sites for hydroxylation is 1. The van der Waals surface area contributed by atoms with Crippen molar-refractivity contribution in [1.29, 1.82) is 0 Å². The number of ether oxygens (including phenoxy) is 1. The van der Waals surface area contributed by atoms with E-state index in [9.17, 15) is 9.59 Å². The fraction of sp³-hybridized carbons (Fsp3) is 0.0909. The molecule has 0 aromatic heterocycles. The topological polar surface area (TPSA) is 55.4 Å². The number of anilines is 1. The van der Waals surface area contributed by atoms with Gasteiger partial charge in [0.05, 0.1) is 0 Å². The molecule has 0 radical (unpaired) electrons. The molecule has 0 fully saturated rings. The Balaban J connectivity index is 1.57. The van der Waals surface area contributed by atoms with Crippen LogP contribution in [-0.4, -0.2) is 18.3 Å². The molecule has 136 valence electrons. The SMILES string of the molecule is Cc1cc(Cl)ccc1OCC(=O)Nc1ccc(C(=O)c2ccccc2)cc1. The molecule has 0 saturated heterocycles. The molecule has 0 bridgehead atoms. The Hall–Kier alpha value is -3.11. The normalized spacial score (nSPS) is 10.3. The number of hydrogen-bond acceptors (Lipinski definition) is 3. The third kappa shape index (κ3) is 4.96. The van der Waals surface area contributed by atoms with Crippen LogP contribution < -0.4 is 10.1 Å². The molecular formula is C22H18ClNO3. The van der Waals surface area contributed by atoms with E-state index in [1.165, 1.54) is 0 Å². The Morgan fingerprint density at radius 2 is 1.59 bits per heavy atom. The van der Waals surface area contributed by atoms with Gasteiger partial charge in [-0.2, -0.15) is 0 Å². The van der Waals surface area contributed by atoms with Crippen molar-refractivity contribution in [2.24, 2.45) is 0 Å². The van der Waals surface area contributed by atoms with Crippen LogP contribution in [-0.2, 0) is 4.79 Å². The maximum atomic E-state index is 12.4. The molecule has 0 saturated carbocycles. The Morgan fingerprint density at radius 1 is 0.926 bits per heavy atom. The number of carbonyl (C=O) groups is 2. The molecule has 0 aliphatic carbocycles. The lowest BCUT2D eigenvalue weighted by molar-refractivity contribution is -0.118. The van der Waals surface area contributed by atoms with Crippen LogP contribution in [0.15, 0.2) is 72.8 Å². The van der Waals surface area contributed by atoms with Gasteiger partial charge in [0.25, 0.3) is 5.91 Å². The van der Waals surface area contributed by atoms with Gasteiger partial charge in [0, 0.05) is 21.8 Å². The van der Waals surface area contributed by atoms with E-state index < -0.39 is 0 Å². The summed E-state index contributed by atoms with van der Waals surface area (Å²) in [6.07, 6.45) is 0. The lowest BCUT2D eigenvalue weighted by Crippen LogP contribution is -2.20. The van der Waals surface area contributed by atoms with Crippen LogP contribution in [0.4, 0.5) is 5.69 Å². The monoisotopic (exact) mass is 379 g/mol. The standard InChI is InChI=1S/C22H18ClNO3/c1-15-13-18(23)9-12-20(15)27-14-21(25)24-19-10-7-17(8-11-19)22(26)16-5-3-2-4-6-16/h2-13H,14H2,1H3,(H,24,25). The van der Waals surface area contributed by atoms with Crippen molar-refractivity contribution in [3.63, 3.8) is 0 Å². The minimum Gasteiger partial charge on any atom is -0.483 e. The summed E-state index contributed by atoms with van der Waals surface area (Å²) in [7, 11) is 0. The van der Waals surface area contributed by atoms with Crippen molar-refractivity contribution in [1.82, 2.24) is 0 Å². The van der Waals surface area contributed by atoms with E-state index in [1.54, 1.807) is 54.6 Å². The Morgan fingerprint density at radius 3 is 2.26 bits per heavy atom. The number of carbonyl (C=O) groups excluding carboxylic acids is 2. The zero-order valence-corrected chi connectivity index (χ0v) is 15.5. The van der Waals surface area contributed by atoms with E-state index in [0.29, 0.717) is 27.6 Å². The van der Waals surface area contributed by atoms with Gasteiger partial charge >= 0.3 is 0 Å². The smallest absolute Gasteiger partial charge is 0.262 e. The first-order chi connectivity index (χ1) is 13.0. The molecule has 0 spiro atoms. The zero-order valence-electron chi connectivity index (χ0n) is 14.7. The van der Waals surface area contributed by atoms with Crippen molar-refractivity contribution < 1.29 is 14.3 Å². The number of amides is 1. The summed E-state index contributed by atoms with van der Waals surface area (Å²) >= 11 is 5.90. The lowest BCUT2D eigenvalue weighted by atomic mass is 10.0. The number of ketones is 1. The molecule has 27 heavy (non-hydrogen) atoms. The van der Waals surface area contributed by atoms with Crippen LogP contribution in [0.2, 0.25) is 5.02 Å². The molecule has 4 nitrogen and oxygen atoms in total. The second-order valence-corrected chi connectivity index (χ2v) is 6.46. The minimum atomic E-state index is -0.286. The van der Waals surface area contributed by atoms with Gasteiger partial charge in [0.15, 0.2) is 12.4 Å². The summed E-state index contributed by atoms with van der Waals surface area (Å²) in [4.78, 5) is 24.5. The molecule has 0 aliphatic rings. The third-order valence-corrected chi connectivity index (χ3v) is 4.20. The molecule has 0 atom stereocenters. The number of benzene rings is 3. The summed E-state index contributed by atoms with van der Waals surface area (Å²) in [6, 6.07) is 21.0. The van der Waals surface area contributed by atoms with E-state index in [1.807, 2.05) is 25.1 Å². The van der Waals surface area contributed by atoms with Gasteiger partial charge in [0.2, 0.25) is 0 Å². The minimum absolute atomic E-state index is 0.0602. The van der Waals surface area contributed by atoms with Gasteiger partial charge in [-0.3, -0.25) is 9.59 Å². The van der Waals surface area contributed by atoms with Crippen molar-refractivity contribution in [3.05, 3.63) is 94.5 Å². The first-order valence-electron chi connectivity index (χ1n) is 8.41. The largest absolute Gasteiger partial charge is 0.483 e. The average Bonchev–Trinajstić information content (AvgIpc) is 2.68. The van der Waals surface area contributed by atoms with E-state index in [2.05, 4.69) is 5.32 Å². The summed E-state index contributed by atoms with van der Waals surface area (Å²) in [5.41, 5.74) is 2.65. The van der Waals surface area contributed by atoms with Crippen molar-refractivity contribution in [3.8, 4) is 5.75 Å². The Bertz CT molecular complexity index is 953. The number of halogens is 1. The second-order valence-electron chi connectivity index (χ2n) is 6.02. The predicted octanol–water partition coefficient (Wildman–Crippen LogP) is 4.90. The van der Waals surface area contributed by atoms with Gasteiger partial charge in [-0.05, 0) is 55.0 Å². The summed E-state index contributed by atoms with van der Waals surface area (Å²) < 4.78 is 5.52.